The van der Waals surface area contributed by atoms with Crippen LogP contribution in [0.3, 0.4) is 0 Å². The van der Waals surface area contributed by atoms with E-state index in [1.807, 2.05) is 61.5 Å². The molecule has 0 fully saturated rings. The van der Waals surface area contributed by atoms with Crippen LogP contribution in [0, 0.1) is 13.8 Å². The van der Waals surface area contributed by atoms with E-state index in [0.717, 1.165) is 16.9 Å². The summed E-state index contributed by atoms with van der Waals surface area (Å²) in [5.74, 6) is 0.140. The number of amides is 1. The summed E-state index contributed by atoms with van der Waals surface area (Å²) in [5.41, 5.74) is 2.98. The maximum Gasteiger partial charge on any atom is 0.255 e. The highest BCUT2D eigenvalue weighted by atomic mass is 16.2. The highest BCUT2D eigenvalue weighted by molar-refractivity contribution is 5.92. The van der Waals surface area contributed by atoms with Crippen molar-refractivity contribution in [2.45, 2.75) is 20.4 Å². The van der Waals surface area contributed by atoms with Gasteiger partial charge in [0.25, 0.3) is 5.56 Å². The van der Waals surface area contributed by atoms with Crippen molar-refractivity contribution >= 4 is 23.2 Å². The average Bonchev–Trinajstić information content (AvgIpc) is 2.64. The summed E-state index contributed by atoms with van der Waals surface area (Å²) in [4.78, 5) is 31.2. The number of aryl methyl sites for hydroxylation is 2. The first kappa shape index (κ1) is 18.4. The van der Waals surface area contributed by atoms with Crippen LogP contribution >= 0.6 is 0 Å². The van der Waals surface area contributed by atoms with E-state index in [1.54, 1.807) is 14.0 Å². The fourth-order valence-corrected chi connectivity index (χ4v) is 2.76. The lowest BCUT2D eigenvalue weighted by Crippen LogP contribution is -2.35. The Morgan fingerprint density at radius 1 is 1.07 bits per heavy atom. The molecule has 0 aliphatic heterocycles. The van der Waals surface area contributed by atoms with Gasteiger partial charge >= 0.3 is 0 Å². The molecule has 1 amide bonds. The van der Waals surface area contributed by atoms with Crippen LogP contribution in [-0.2, 0) is 11.3 Å². The number of likely N-dealkylation sites (N-methyl/N-ethyl adjacent to an activating group) is 1. The fourth-order valence-electron chi connectivity index (χ4n) is 2.76. The molecule has 6 nitrogen and oxygen atoms in total. The van der Waals surface area contributed by atoms with Crippen molar-refractivity contribution in [3.63, 3.8) is 0 Å². The monoisotopic (exact) mass is 362 g/mol. The van der Waals surface area contributed by atoms with Gasteiger partial charge in [0.15, 0.2) is 0 Å². The summed E-state index contributed by atoms with van der Waals surface area (Å²) in [5, 5.41) is 3.16. The van der Waals surface area contributed by atoms with Crippen LogP contribution in [0.5, 0.6) is 0 Å². The van der Waals surface area contributed by atoms with E-state index in [0.29, 0.717) is 11.6 Å². The van der Waals surface area contributed by atoms with E-state index in [1.165, 1.54) is 15.5 Å². The normalized spacial score (nSPS) is 10.5. The lowest BCUT2D eigenvalue weighted by molar-refractivity contribution is -0.118. The molecule has 1 heterocycles. The molecule has 6 heteroatoms. The van der Waals surface area contributed by atoms with Gasteiger partial charge in [-0.05, 0) is 43.7 Å². The Morgan fingerprint density at radius 2 is 1.81 bits per heavy atom. The van der Waals surface area contributed by atoms with E-state index in [9.17, 15) is 9.59 Å². The molecule has 0 unspecified atom stereocenters. The molecule has 0 atom stereocenters. The van der Waals surface area contributed by atoms with Gasteiger partial charge in [0, 0.05) is 30.2 Å². The topological polar surface area (TPSA) is 67.2 Å². The molecule has 3 aromatic rings. The number of rotatable bonds is 5. The first-order valence-electron chi connectivity index (χ1n) is 8.68. The third-order valence-electron chi connectivity index (χ3n) is 4.22. The van der Waals surface area contributed by atoms with Crippen LogP contribution in [-0.4, -0.2) is 22.5 Å². The van der Waals surface area contributed by atoms with Gasteiger partial charge in [-0.25, -0.2) is 4.98 Å². The molecule has 0 aliphatic carbocycles. The summed E-state index contributed by atoms with van der Waals surface area (Å²) in [6, 6.07) is 18.5. The van der Waals surface area contributed by atoms with Gasteiger partial charge in [-0.1, -0.05) is 30.3 Å². The lowest BCUT2D eigenvalue weighted by atomic mass is 10.2. The van der Waals surface area contributed by atoms with Crippen molar-refractivity contribution in [1.29, 1.82) is 0 Å². The standard InChI is InChI=1S/C21H22N4O2/c1-15-8-7-9-17(12-15)23-21-22-16(2)13-19(26)25(21)14-20(27)24(3)18-10-5-4-6-11-18/h4-13H,14H2,1-3H3,(H,22,23). The first-order valence-corrected chi connectivity index (χ1v) is 8.68. The maximum absolute atomic E-state index is 12.7. The Balaban J connectivity index is 1.90. The zero-order valence-electron chi connectivity index (χ0n) is 15.6. The molecule has 1 aromatic heterocycles. The number of nitrogens with one attached hydrogen (secondary N) is 1. The minimum atomic E-state index is -0.271. The van der Waals surface area contributed by atoms with E-state index < -0.39 is 0 Å². The third kappa shape index (κ3) is 4.41. The fraction of sp³-hybridized carbons (Fsp3) is 0.190. The van der Waals surface area contributed by atoms with Gasteiger partial charge in [-0.15, -0.1) is 0 Å². The molecular weight excluding hydrogens is 340 g/mol. The van der Waals surface area contributed by atoms with E-state index in [4.69, 9.17) is 0 Å². The summed E-state index contributed by atoms with van der Waals surface area (Å²) < 4.78 is 1.36. The Kier molecular flexibility index (Phi) is 5.35. The van der Waals surface area contributed by atoms with Gasteiger partial charge in [0.05, 0.1) is 0 Å². The Morgan fingerprint density at radius 3 is 2.52 bits per heavy atom. The first-order chi connectivity index (χ1) is 12.9. The van der Waals surface area contributed by atoms with Gasteiger partial charge < -0.3 is 10.2 Å². The number of nitrogens with zero attached hydrogens (tertiary/aromatic N) is 3. The van der Waals surface area contributed by atoms with Crippen LogP contribution < -0.4 is 15.8 Å². The van der Waals surface area contributed by atoms with Crippen molar-refractivity contribution in [1.82, 2.24) is 9.55 Å². The Hall–Kier alpha value is -3.41. The Bertz CT molecular complexity index is 1010. The largest absolute Gasteiger partial charge is 0.326 e. The van der Waals surface area contributed by atoms with Gasteiger partial charge in [-0.3, -0.25) is 14.2 Å². The van der Waals surface area contributed by atoms with E-state index in [-0.39, 0.29) is 18.0 Å². The van der Waals surface area contributed by atoms with Crippen LogP contribution in [0.25, 0.3) is 0 Å². The number of hydrogen-bond acceptors (Lipinski definition) is 4. The second-order valence-corrected chi connectivity index (χ2v) is 6.43. The second kappa shape index (κ2) is 7.86. The number of para-hydroxylation sites is 1. The molecule has 0 spiro atoms. The molecule has 0 bridgehead atoms. The van der Waals surface area contributed by atoms with Crippen molar-refractivity contribution < 1.29 is 4.79 Å². The van der Waals surface area contributed by atoms with Crippen LogP contribution in [0.1, 0.15) is 11.3 Å². The summed E-state index contributed by atoms with van der Waals surface area (Å²) in [6.45, 7) is 3.64. The number of benzene rings is 2. The molecule has 27 heavy (non-hydrogen) atoms. The van der Waals surface area contributed by atoms with Crippen LogP contribution in [0.15, 0.2) is 65.5 Å². The van der Waals surface area contributed by atoms with Crippen LogP contribution in [0.2, 0.25) is 0 Å². The van der Waals surface area contributed by atoms with Gasteiger partial charge in [-0.2, -0.15) is 0 Å². The van der Waals surface area contributed by atoms with Crippen molar-refractivity contribution in [3.8, 4) is 0 Å². The Labute approximate surface area is 158 Å². The molecule has 138 valence electrons. The van der Waals surface area contributed by atoms with E-state index in [2.05, 4.69) is 10.3 Å². The number of anilines is 3. The molecular formula is C21H22N4O2. The second-order valence-electron chi connectivity index (χ2n) is 6.43. The molecule has 2 aromatic carbocycles. The average molecular weight is 362 g/mol. The predicted octanol–water partition coefficient (Wildman–Crippen LogP) is 3.27. The minimum Gasteiger partial charge on any atom is -0.326 e. The zero-order valence-corrected chi connectivity index (χ0v) is 15.6. The lowest BCUT2D eigenvalue weighted by Gasteiger charge is -2.19. The molecule has 0 saturated heterocycles. The number of aromatic nitrogens is 2. The van der Waals surface area contributed by atoms with Crippen LogP contribution in [0.4, 0.5) is 17.3 Å². The minimum absolute atomic E-state index is 0.105. The van der Waals surface area contributed by atoms with Crippen molar-refractivity contribution in [2.75, 3.05) is 17.3 Å². The predicted molar refractivity (Wildman–Crippen MR) is 108 cm³/mol. The molecule has 0 aliphatic rings. The smallest absolute Gasteiger partial charge is 0.255 e. The van der Waals surface area contributed by atoms with E-state index >= 15 is 0 Å². The molecule has 1 N–H and O–H groups in total. The highest BCUT2D eigenvalue weighted by Gasteiger charge is 2.16. The van der Waals surface area contributed by atoms with Crippen molar-refractivity contribution in [3.05, 3.63) is 82.3 Å². The summed E-state index contributed by atoms with van der Waals surface area (Å²) in [7, 11) is 1.69. The highest BCUT2D eigenvalue weighted by Crippen LogP contribution is 2.16. The molecule has 3 rings (SSSR count). The summed E-state index contributed by atoms with van der Waals surface area (Å²) >= 11 is 0. The van der Waals surface area contributed by atoms with Gasteiger partial charge in [0.1, 0.15) is 6.54 Å². The molecule has 0 saturated carbocycles. The third-order valence-corrected chi connectivity index (χ3v) is 4.22. The number of carbonyl (C=O) groups excluding carboxylic acids is 1. The zero-order chi connectivity index (χ0) is 19.4. The number of carbonyl (C=O) groups is 1. The summed E-state index contributed by atoms with van der Waals surface area (Å²) in [6.07, 6.45) is 0. The quantitative estimate of drug-likeness (QED) is 0.756. The van der Waals surface area contributed by atoms with Crippen molar-refractivity contribution in [2.24, 2.45) is 0 Å². The SMILES string of the molecule is Cc1cccc(Nc2nc(C)cc(=O)n2CC(=O)N(C)c2ccccc2)c1. The number of hydrogen-bond donors (Lipinski definition) is 1. The van der Waals surface area contributed by atoms with Gasteiger partial charge in [0.2, 0.25) is 11.9 Å². The maximum atomic E-state index is 12.7. The molecule has 0 radical (unpaired) electrons.